The summed E-state index contributed by atoms with van der Waals surface area (Å²) in [6, 6.07) is 0. The zero-order valence-electron chi connectivity index (χ0n) is 14.3. The van der Waals surface area contributed by atoms with E-state index in [0.717, 1.165) is 30.1 Å². The Bertz CT molecular complexity index is 744. The van der Waals surface area contributed by atoms with Gasteiger partial charge in [0.15, 0.2) is 0 Å². The summed E-state index contributed by atoms with van der Waals surface area (Å²) in [7, 11) is 0. The second-order valence-corrected chi connectivity index (χ2v) is 12.4. The molecule has 0 saturated heterocycles. The Hall–Kier alpha value is -0.0800. The minimum atomic E-state index is -0.320. The Kier molecular flexibility index (Phi) is 1.48. The summed E-state index contributed by atoms with van der Waals surface area (Å²) in [5, 5.41) is 24.6. The highest BCUT2D eigenvalue weighted by Gasteiger charge is 2.93. The fourth-order valence-corrected chi connectivity index (χ4v) is 13.6. The third-order valence-corrected chi connectivity index (χ3v) is 12.7. The van der Waals surface area contributed by atoms with Gasteiger partial charge in [0.25, 0.3) is 0 Å². The molecule has 24 heavy (non-hydrogen) atoms. The molecule has 0 aromatic heterocycles. The van der Waals surface area contributed by atoms with Crippen LogP contribution in [0.1, 0.15) is 51.4 Å². The van der Waals surface area contributed by atoms with Gasteiger partial charge in [0.05, 0.1) is 11.2 Å². The maximum Gasteiger partial charge on any atom is 0.0773 e. The first-order chi connectivity index (χ1) is 11.5. The molecule has 13 fully saturated rings. The maximum atomic E-state index is 12.5. The highest BCUT2D eigenvalue weighted by Crippen LogP contribution is 2.94. The van der Waals surface area contributed by atoms with E-state index >= 15 is 0 Å². The van der Waals surface area contributed by atoms with Crippen molar-refractivity contribution >= 4 is 0 Å². The lowest BCUT2D eigenvalue weighted by molar-refractivity contribution is -0.499. The molecule has 2 spiro atoms. The summed E-state index contributed by atoms with van der Waals surface area (Å²) in [5.41, 5.74) is -0.0195. The molecule has 0 aromatic rings. The Balaban J connectivity index is 1.45. The van der Waals surface area contributed by atoms with Gasteiger partial charge >= 0.3 is 0 Å². The van der Waals surface area contributed by atoms with E-state index in [1.807, 2.05) is 0 Å². The van der Waals surface area contributed by atoms with Gasteiger partial charge in [0.1, 0.15) is 0 Å². The molecule has 0 amide bonds. The van der Waals surface area contributed by atoms with Crippen LogP contribution in [0.4, 0.5) is 0 Å². The first-order valence-electron chi connectivity index (χ1n) is 11.0. The second kappa shape index (κ2) is 2.87. The number of hydrogen-bond acceptors (Lipinski definition) is 2. The molecule has 0 heterocycles. The van der Waals surface area contributed by atoms with Crippen molar-refractivity contribution in [2.45, 2.75) is 62.6 Å². The van der Waals surface area contributed by atoms with Crippen LogP contribution in [-0.4, -0.2) is 21.4 Å². The van der Waals surface area contributed by atoms with Crippen LogP contribution in [0, 0.1) is 70.0 Å². The molecular formula is C22H28O2. The van der Waals surface area contributed by atoms with Crippen molar-refractivity contribution in [2.24, 2.45) is 70.0 Å². The predicted octanol–water partition coefficient (Wildman–Crippen LogP) is 2.83. The van der Waals surface area contributed by atoms with E-state index in [0.29, 0.717) is 40.9 Å². The molecule has 0 aliphatic heterocycles. The molecule has 13 aliphatic carbocycles. The normalized spacial score (nSPS) is 85.2. The molecule has 0 unspecified atom stereocenters. The molecule has 128 valence electrons. The zero-order valence-corrected chi connectivity index (χ0v) is 14.3. The van der Waals surface area contributed by atoms with E-state index in [4.69, 9.17) is 0 Å². The SMILES string of the molecule is O[C@@]12C[C@H]3C[C@H]4[C@H]1C[C@]15C[C@@H]6C[C@H]7[C@H]8C[C@@](C3)([C@@H]2[C@@H]71)[C@H]4[C@]5(O)[C@@H]8C6. The van der Waals surface area contributed by atoms with Crippen LogP contribution in [0.2, 0.25) is 0 Å². The first kappa shape index (κ1) is 12.3. The van der Waals surface area contributed by atoms with Gasteiger partial charge in [-0.25, -0.2) is 0 Å². The highest BCUT2D eigenvalue weighted by molar-refractivity contribution is 5.42. The lowest BCUT2D eigenvalue weighted by Crippen LogP contribution is -2.94. The van der Waals surface area contributed by atoms with Crippen LogP contribution in [-0.2, 0) is 0 Å². The quantitative estimate of drug-likeness (QED) is 0.719. The lowest BCUT2D eigenvalue weighted by Gasteiger charge is -2.94. The van der Waals surface area contributed by atoms with Crippen LogP contribution in [0.25, 0.3) is 0 Å². The molecule has 0 radical (unpaired) electrons. The maximum absolute atomic E-state index is 12.5. The molecule has 2 heteroatoms. The smallest absolute Gasteiger partial charge is 0.0773 e. The Morgan fingerprint density at radius 1 is 0.667 bits per heavy atom. The van der Waals surface area contributed by atoms with Crippen LogP contribution in [0.3, 0.4) is 0 Å². The Morgan fingerprint density at radius 3 is 2.46 bits per heavy atom. The summed E-state index contributed by atoms with van der Waals surface area (Å²) in [5.74, 6) is 7.16. The predicted molar refractivity (Wildman–Crippen MR) is 86.6 cm³/mol. The molecule has 2 N–H and O–H groups in total. The molecule has 13 rings (SSSR count). The van der Waals surface area contributed by atoms with E-state index in [1.54, 1.807) is 0 Å². The summed E-state index contributed by atoms with van der Waals surface area (Å²) < 4.78 is 0. The van der Waals surface area contributed by atoms with Gasteiger partial charge in [-0.3, -0.25) is 0 Å². The third-order valence-electron chi connectivity index (χ3n) is 12.7. The third kappa shape index (κ3) is 0.766. The van der Waals surface area contributed by atoms with Crippen molar-refractivity contribution in [1.29, 1.82) is 0 Å². The van der Waals surface area contributed by atoms with Crippen LogP contribution >= 0.6 is 0 Å². The van der Waals surface area contributed by atoms with Crippen LogP contribution in [0.5, 0.6) is 0 Å². The van der Waals surface area contributed by atoms with E-state index in [1.165, 1.54) is 44.9 Å². The van der Waals surface area contributed by atoms with Crippen molar-refractivity contribution in [3.63, 3.8) is 0 Å². The molecule has 14 bridgehead atoms. The minimum Gasteiger partial charge on any atom is -0.389 e. The lowest BCUT2D eigenvalue weighted by atomic mass is 9.12. The van der Waals surface area contributed by atoms with Gasteiger partial charge in [-0.15, -0.1) is 0 Å². The van der Waals surface area contributed by atoms with Crippen molar-refractivity contribution in [1.82, 2.24) is 0 Å². The summed E-state index contributed by atoms with van der Waals surface area (Å²) in [6.45, 7) is 0. The number of aliphatic hydroxyl groups is 2. The fourth-order valence-electron chi connectivity index (χ4n) is 13.6. The average Bonchev–Trinajstić information content (AvgIpc) is 2.53. The molecule has 2 nitrogen and oxygen atoms in total. The van der Waals surface area contributed by atoms with Gasteiger partial charge in [0.2, 0.25) is 0 Å². The topological polar surface area (TPSA) is 40.5 Å². The highest BCUT2D eigenvalue weighted by atomic mass is 16.3. The molecule has 0 aromatic carbocycles. The summed E-state index contributed by atoms with van der Waals surface area (Å²) in [4.78, 5) is 0. The van der Waals surface area contributed by atoms with E-state index in [-0.39, 0.29) is 16.6 Å². The Morgan fingerprint density at radius 2 is 1.54 bits per heavy atom. The van der Waals surface area contributed by atoms with Crippen molar-refractivity contribution in [3.8, 4) is 0 Å². The molecule has 13 aliphatic rings. The van der Waals surface area contributed by atoms with Crippen molar-refractivity contribution in [2.75, 3.05) is 0 Å². The van der Waals surface area contributed by atoms with Crippen molar-refractivity contribution < 1.29 is 10.2 Å². The fraction of sp³-hybridized carbons (Fsp3) is 1.00. The second-order valence-electron chi connectivity index (χ2n) is 12.4. The summed E-state index contributed by atoms with van der Waals surface area (Å²) >= 11 is 0. The number of hydrogen-bond donors (Lipinski definition) is 2. The standard InChI is InChI=1S/C22H28O2/c23-21-6-10-2-12-15(21)8-20-5-9-1-11-13-7-19(4-10,18(21)16(11)20)17(12)22(20,24)14(13)3-9/h9-18,23-24H,1-8H2/t9-,10+,11+,12+,13-,14-,15-,16-,17+,18+,19-,20-,21+,22-/m1/s1. The number of rotatable bonds is 0. The summed E-state index contributed by atoms with van der Waals surface area (Å²) in [6.07, 6.45) is 10.6. The van der Waals surface area contributed by atoms with Crippen molar-refractivity contribution in [3.05, 3.63) is 0 Å². The molecular weight excluding hydrogens is 296 g/mol. The van der Waals surface area contributed by atoms with Gasteiger partial charge < -0.3 is 10.2 Å². The largest absolute Gasteiger partial charge is 0.389 e. The molecule has 13 saturated carbocycles. The van der Waals surface area contributed by atoms with Gasteiger partial charge in [-0.1, -0.05) is 0 Å². The first-order valence-corrected chi connectivity index (χ1v) is 11.0. The van der Waals surface area contributed by atoms with Gasteiger partial charge in [0, 0.05) is 5.41 Å². The van der Waals surface area contributed by atoms with E-state index in [9.17, 15) is 10.2 Å². The van der Waals surface area contributed by atoms with E-state index in [2.05, 4.69) is 0 Å². The monoisotopic (exact) mass is 324 g/mol. The van der Waals surface area contributed by atoms with Crippen LogP contribution in [0.15, 0.2) is 0 Å². The molecule has 14 atom stereocenters. The minimum absolute atomic E-state index is 0.247. The zero-order chi connectivity index (χ0) is 15.4. The van der Waals surface area contributed by atoms with E-state index < -0.39 is 0 Å². The Labute approximate surface area is 143 Å². The average molecular weight is 324 g/mol. The van der Waals surface area contributed by atoms with Gasteiger partial charge in [-0.2, -0.15) is 0 Å². The van der Waals surface area contributed by atoms with Crippen LogP contribution < -0.4 is 0 Å². The van der Waals surface area contributed by atoms with Gasteiger partial charge in [-0.05, 0) is 116 Å².